The van der Waals surface area contributed by atoms with Gasteiger partial charge in [-0.25, -0.2) is 4.79 Å². The minimum absolute atomic E-state index is 0.445. The Morgan fingerprint density at radius 2 is 1.94 bits per heavy atom. The summed E-state index contributed by atoms with van der Waals surface area (Å²) in [5.41, 5.74) is -0.975. The molecule has 1 amide bonds. The van der Waals surface area contributed by atoms with Gasteiger partial charge in [0.05, 0.1) is 4.48 Å². The van der Waals surface area contributed by atoms with E-state index in [0.717, 1.165) is 5.57 Å². The van der Waals surface area contributed by atoms with Gasteiger partial charge in [-0.2, -0.15) is 5.26 Å². The second-order valence-corrected chi connectivity index (χ2v) is 4.53. The smallest absolute Gasteiger partial charge is 0.410 e. The maximum atomic E-state index is 11.5. The van der Waals surface area contributed by atoms with Crippen LogP contribution in [0.5, 0.6) is 0 Å². The molecule has 0 aromatic carbocycles. The zero-order chi connectivity index (χ0) is 13.1. The Kier molecular flexibility index (Phi) is 4.58. The average Bonchev–Trinajstić information content (AvgIpc) is 2.26. The van der Waals surface area contributed by atoms with E-state index in [1.807, 2.05) is 6.07 Å². The molecule has 5 heteroatoms. The molecule has 1 rings (SSSR count). The molecule has 1 aliphatic rings. The van der Waals surface area contributed by atoms with Crippen LogP contribution in [0.3, 0.4) is 0 Å². The molecular weight excluding hydrogens is 284 g/mol. The van der Waals surface area contributed by atoms with Gasteiger partial charge >= 0.3 is 6.09 Å². The largest absolute Gasteiger partial charge is 0.442 e. The number of ether oxygens (including phenoxy) is 1. The quantitative estimate of drug-likeness (QED) is 0.697. The molecule has 0 spiro atoms. The Morgan fingerprint density at radius 3 is 2.35 bits per heavy atom. The van der Waals surface area contributed by atoms with Crippen LogP contribution < -0.4 is 0 Å². The number of amides is 1. The zero-order valence-corrected chi connectivity index (χ0v) is 10.7. The standard InChI is InChI=1S/C12H11BrN2O2/c1-12(2,3)17-11(16)15-6-4-9(5-7-15)10(13)8-14/h1-3H,4-7H2. The van der Waals surface area contributed by atoms with E-state index in [2.05, 4.69) is 20.7 Å². The number of hydrogen-bond acceptors (Lipinski definition) is 3. The number of rotatable bonds is 1. The van der Waals surface area contributed by atoms with Crippen LogP contribution in [0.2, 0.25) is 0 Å². The minimum Gasteiger partial charge on any atom is -0.442 e. The lowest BCUT2D eigenvalue weighted by molar-refractivity contribution is 0.0621. The number of likely N-dealkylation sites (tertiary alicyclic amines) is 1. The summed E-state index contributed by atoms with van der Waals surface area (Å²) < 4.78 is 5.15. The Bertz CT molecular complexity index is 367. The van der Waals surface area contributed by atoms with Crippen molar-refractivity contribution in [1.29, 1.82) is 5.26 Å². The van der Waals surface area contributed by atoms with Crippen molar-refractivity contribution in [2.24, 2.45) is 0 Å². The molecule has 0 N–H and O–H groups in total. The molecule has 0 atom stereocenters. The molecule has 4 nitrogen and oxygen atoms in total. The molecule has 1 saturated heterocycles. The van der Waals surface area contributed by atoms with Crippen LogP contribution in [0, 0.1) is 32.1 Å². The number of halogens is 1. The maximum Gasteiger partial charge on any atom is 0.410 e. The molecule has 0 saturated carbocycles. The number of hydrogen-bond donors (Lipinski definition) is 0. The Morgan fingerprint density at radius 1 is 1.41 bits per heavy atom. The van der Waals surface area contributed by atoms with Crippen LogP contribution in [-0.2, 0) is 4.74 Å². The van der Waals surface area contributed by atoms with E-state index in [9.17, 15) is 4.79 Å². The topological polar surface area (TPSA) is 53.3 Å². The summed E-state index contributed by atoms with van der Waals surface area (Å²) in [6, 6.07) is 2.02. The van der Waals surface area contributed by atoms with Gasteiger partial charge < -0.3 is 9.64 Å². The molecule has 88 valence electrons. The van der Waals surface area contributed by atoms with Crippen LogP contribution >= 0.6 is 15.9 Å². The van der Waals surface area contributed by atoms with Gasteiger partial charge in [0.1, 0.15) is 11.7 Å². The monoisotopic (exact) mass is 294 g/mol. The third-order valence-electron chi connectivity index (χ3n) is 2.30. The molecule has 0 aromatic rings. The summed E-state index contributed by atoms with van der Waals surface area (Å²) >= 11 is 3.17. The molecular formula is C12H11BrN2O2. The SMILES string of the molecule is [CH]C([CH])([CH])OC(=O)N1CCC(=C(Br)C#N)CC1. The van der Waals surface area contributed by atoms with E-state index < -0.39 is 11.7 Å². The number of nitriles is 1. The Balaban J connectivity index is 2.54. The van der Waals surface area contributed by atoms with Gasteiger partial charge in [-0.3, -0.25) is 0 Å². The lowest BCUT2D eigenvalue weighted by Gasteiger charge is -2.30. The van der Waals surface area contributed by atoms with Crippen LogP contribution in [0.4, 0.5) is 4.79 Å². The highest BCUT2D eigenvalue weighted by Crippen LogP contribution is 2.23. The fraction of sp³-hybridized carbons (Fsp3) is 0.417. The van der Waals surface area contributed by atoms with Gasteiger partial charge in [-0.05, 0) is 34.3 Å². The lowest BCUT2D eigenvalue weighted by Crippen LogP contribution is -2.40. The van der Waals surface area contributed by atoms with Crippen molar-refractivity contribution in [3.05, 3.63) is 30.8 Å². The molecule has 1 heterocycles. The second kappa shape index (κ2) is 5.54. The van der Waals surface area contributed by atoms with Gasteiger partial charge in [0.25, 0.3) is 0 Å². The molecule has 0 unspecified atom stereocenters. The van der Waals surface area contributed by atoms with Crippen LogP contribution in [0.25, 0.3) is 0 Å². The number of carbonyl (C=O) groups excluding carboxylic acids is 1. The Labute approximate surface area is 110 Å². The molecule has 0 aliphatic carbocycles. The van der Waals surface area contributed by atoms with Crippen molar-refractivity contribution >= 4 is 22.0 Å². The van der Waals surface area contributed by atoms with E-state index in [1.54, 1.807) is 0 Å². The van der Waals surface area contributed by atoms with E-state index in [4.69, 9.17) is 26.0 Å². The fourth-order valence-corrected chi connectivity index (χ4v) is 1.87. The van der Waals surface area contributed by atoms with Crippen molar-refractivity contribution in [3.8, 4) is 6.07 Å². The second-order valence-electron chi connectivity index (χ2n) is 3.74. The molecule has 0 bridgehead atoms. The van der Waals surface area contributed by atoms with Crippen molar-refractivity contribution < 1.29 is 9.53 Å². The summed E-state index contributed by atoms with van der Waals surface area (Å²) in [4.78, 5) is 13.0. The summed E-state index contributed by atoms with van der Waals surface area (Å²) in [6.45, 7) is 16.4. The lowest BCUT2D eigenvalue weighted by atomic mass is 10.0. The summed E-state index contributed by atoms with van der Waals surface area (Å²) in [5.74, 6) is 0. The fourth-order valence-electron chi connectivity index (χ4n) is 1.47. The van der Waals surface area contributed by atoms with Crippen LogP contribution in [0.1, 0.15) is 12.8 Å². The third-order valence-corrected chi connectivity index (χ3v) is 3.04. The Hall–Kier alpha value is -1.02. The van der Waals surface area contributed by atoms with E-state index in [1.165, 1.54) is 4.90 Å². The van der Waals surface area contributed by atoms with Gasteiger partial charge in [0.15, 0.2) is 0 Å². The first-order valence-corrected chi connectivity index (χ1v) is 5.75. The van der Waals surface area contributed by atoms with Crippen LogP contribution in [0.15, 0.2) is 10.1 Å². The highest BCUT2D eigenvalue weighted by molar-refractivity contribution is 9.12. The summed E-state index contributed by atoms with van der Waals surface area (Å²) in [5, 5.41) is 8.71. The first-order chi connectivity index (χ1) is 7.83. The highest BCUT2D eigenvalue weighted by Gasteiger charge is 2.25. The summed E-state index contributed by atoms with van der Waals surface area (Å²) in [6.07, 6.45) is 0.566. The van der Waals surface area contributed by atoms with Crippen molar-refractivity contribution in [2.45, 2.75) is 18.4 Å². The van der Waals surface area contributed by atoms with E-state index >= 15 is 0 Å². The average molecular weight is 295 g/mol. The minimum atomic E-state index is -1.96. The molecule has 17 heavy (non-hydrogen) atoms. The number of piperidine rings is 1. The molecule has 0 aromatic heterocycles. The highest BCUT2D eigenvalue weighted by atomic mass is 79.9. The van der Waals surface area contributed by atoms with Crippen LogP contribution in [-0.4, -0.2) is 29.7 Å². The van der Waals surface area contributed by atoms with Crippen molar-refractivity contribution in [2.75, 3.05) is 13.1 Å². The maximum absolute atomic E-state index is 11.5. The first-order valence-electron chi connectivity index (χ1n) is 4.95. The van der Waals surface area contributed by atoms with Gasteiger partial charge in [-0.15, -0.1) is 0 Å². The number of allylic oxidation sites excluding steroid dienone is 1. The predicted octanol–water partition coefficient (Wildman–Crippen LogP) is 2.26. The van der Waals surface area contributed by atoms with Gasteiger partial charge in [0, 0.05) is 33.9 Å². The normalized spacial score (nSPS) is 16.4. The molecule has 6 radical (unpaired) electrons. The van der Waals surface area contributed by atoms with Crippen molar-refractivity contribution in [3.63, 3.8) is 0 Å². The summed E-state index contributed by atoms with van der Waals surface area (Å²) in [7, 11) is 0. The van der Waals surface area contributed by atoms with Gasteiger partial charge in [-0.1, -0.05) is 0 Å². The molecule has 1 aliphatic heterocycles. The van der Waals surface area contributed by atoms with E-state index in [0.29, 0.717) is 30.4 Å². The van der Waals surface area contributed by atoms with Crippen molar-refractivity contribution in [1.82, 2.24) is 4.90 Å². The number of carbonyl (C=O) groups is 1. The zero-order valence-electron chi connectivity index (χ0n) is 9.15. The predicted molar refractivity (Wildman–Crippen MR) is 64.5 cm³/mol. The molecule has 1 fully saturated rings. The third kappa shape index (κ3) is 4.39. The first kappa shape index (κ1) is 14.0. The van der Waals surface area contributed by atoms with E-state index in [-0.39, 0.29) is 0 Å². The number of nitrogens with zero attached hydrogens (tertiary/aromatic N) is 2. The van der Waals surface area contributed by atoms with Gasteiger partial charge in [0.2, 0.25) is 0 Å².